The average Bonchev–Trinajstić information content (AvgIpc) is 2.84. The molecule has 1 heterocycles. The smallest absolute Gasteiger partial charge is 0.277 e. The molecule has 6 heteroatoms. The van der Waals surface area contributed by atoms with Gasteiger partial charge in [0.05, 0.1) is 10.3 Å². The third-order valence-electron chi connectivity index (χ3n) is 3.23. The monoisotopic (exact) mass is 269 g/mol. The highest BCUT2D eigenvalue weighted by Gasteiger charge is 2.17. The van der Waals surface area contributed by atoms with Gasteiger partial charge in [0.2, 0.25) is 0 Å². The number of nitro groups is 1. The van der Waals surface area contributed by atoms with Crippen LogP contribution in [0.25, 0.3) is 16.8 Å². The van der Waals surface area contributed by atoms with Gasteiger partial charge in [0, 0.05) is 18.2 Å². The number of nitro benzene ring substituents is 1. The van der Waals surface area contributed by atoms with Gasteiger partial charge in [-0.3, -0.25) is 20.3 Å². The molecule has 2 N–H and O–H groups in total. The first-order valence-corrected chi connectivity index (χ1v) is 6.07. The maximum Gasteiger partial charge on any atom is 0.277 e. The molecule has 0 bridgehead atoms. The number of fused-ring (bicyclic) bond motifs is 1. The molecule has 0 radical (unpaired) electrons. The zero-order valence-electron chi connectivity index (χ0n) is 10.4. The number of non-ortho nitro benzene ring substituents is 1. The largest absolute Gasteiger partial charge is 0.287 e. The van der Waals surface area contributed by atoms with Gasteiger partial charge in [0.25, 0.3) is 11.6 Å². The summed E-state index contributed by atoms with van der Waals surface area (Å²) in [4.78, 5) is 22.2. The minimum atomic E-state index is -0.400. The van der Waals surface area contributed by atoms with Crippen molar-refractivity contribution < 1.29 is 9.72 Å². The fourth-order valence-electron chi connectivity index (χ4n) is 2.28. The van der Waals surface area contributed by atoms with Crippen LogP contribution >= 0.6 is 0 Å². The molecule has 0 atom stereocenters. The SMILES string of the molecule is O=C1NNC/C1=C\c1ccc([N+](=O)[O-])c2ccccc12. The number of nitrogens with zero attached hydrogens (tertiary/aromatic N) is 1. The standard InChI is InChI=1S/C14H11N3O3/c18-14-10(8-15-16-14)7-9-5-6-13(17(19)20)12-4-2-1-3-11(9)12/h1-7,15H,8H2,(H,16,18)/b10-7+. The minimum Gasteiger partial charge on any atom is -0.287 e. The molecular formula is C14H11N3O3. The van der Waals surface area contributed by atoms with Gasteiger partial charge in [-0.25, -0.2) is 5.43 Å². The van der Waals surface area contributed by atoms with Crippen LogP contribution in [0.1, 0.15) is 5.56 Å². The summed E-state index contributed by atoms with van der Waals surface area (Å²) >= 11 is 0. The van der Waals surface area contributed by atoms with E-state index in [1.807, 2.05) is 12.1 Å². The Morgan fingerprint density at radius 1 is 1.15 bits per heavy atom. The van der Waals surface area contributed by atoms with Crippen LogP contribution in [0.5, 0.6) is 0 Å². The molecular weight excluding hydrogens is 258 g/mol. The first-order chi connectivity index (χ1) is 9.66. The number of carbonyl (C=O) groups is 1. The Morgan fingerprint density at radius 2 is 1.90 bits per heavy atom. The molecule has 1 aliphatic heterocycles. The lowest BCUT2D eigenvalue weighted by atomic mass is 10.0. The second-order valence-electron chi connectivity index (χ2n) is 4.45. The van der Waals surface area contributed by atoms with Crippen LogP contribution in [0.2, 0.25) is 0 Å². The molecule has 1 aliphatic rings. The van der Waals surface area contributed by atoms with Crippen LogP contribution in [-0.2, 0) is 4.79 Å². The molecule has 100 valence electrons. The Bertz CT molecular complexity index is 752. The van der Waals surface area contributed by atoms with Gasteiger partial charge < -0.3 is 0 Å². The Kier molecular flexibility index (Phi) is 2.92. The number of nitrogens with one attached hydrogen (secondary N) is 2. The molecule has 1 fully saturated rings. The van der Waals surface area contributed by atoms with Crippen LogP contribution in [-0.4, -0.2) is 17.4 Å². The normalized spacial score (nSPS) is 16.6. The van der Waals surface area contributed by atoms with Gasteiger partial charge in [-0.05, 0) is 29.2 Å². The number of hydrazine groups is 1. The molecule has 0 aliphatic carbocycles. The molecule has 1 saturated heterocycles. The highest BCUT2D eigenvalue weighted by Crippen LogP contribution is 2.29. The maximum absolute atomic E-state index is 11.5. The van der Waals surface area contributed by atoms with E-state index in [0.717, 1.165) is 10.9 Å². The predicted octanol–water partition coefficient (Wildman–Crippen LogP) is 1.77. The summed E-state index contributed by atoms with van der Waals surface area (Å²) in [6.45, 7) is 0.435. The summed E-state index contributed by atoms with van der Waals surface area (Å²) in [7, 11) is 0. The van der Waals surface area contributed by atoms with Crippen LogP contribution in [0, 0.1) is 10.1 Å². The third-order valence-corrected chi connectivity index (χ3v) is 3.23. The summed E-state index contributed by atoms with van der Waals surface area (Å²) in [5, 5.41) is 12.4. The van der Waals surface area contributed by atoms with Gasteiger partial charge in [-0.1, -0.05) is 18.2 Å². The van der Waals surface area contributed by atoms with E-state index < -0.39 is 4.92 Å². The van der Waals surface area contributed by atoms with E-state index in [4.69, 9.17) is 0 Å². The summed E-state index contributed by atoms with van der Waals surface area (Å²) < 4.78 is 0. The molecule has 0 spiro atoms. The van der Waals surface area contributed by atoms with Crippen molar-refractivity contribution >= 4 is 28.4 Å². The topological polar surface area (TPSA) is 84.3 Å². The van der Waals surface area contributed by atoms with Crippen molar-refractivity contribution in [2.24, 2.45) is 0 Å². The number of hydrogen-bond acceptors (Lipinski definition) is 4. The van der Waals surface area contributed by atoms with E-state index >= 15 is 0 Å². The number of benzene rings is 2. The Hall–Kier alpha value is -2.73. The molecule has 0 saturated carbocycles. The van der Waals surface area contributed by atoms with E-state index in [-0.39, 0.29) is 11.6 Å². The number of hydrogen-bond donors (Lipinski definition) is 2. The lowest BCUT2D eigenvalue weighted by Gasteiger charge is -2.04. The highest BCUT2D eigenvalue weighted by molar-refractivity contribution is 6.03. The van der Waals surface area contributed by atoms with Gasteiger partial charge in [0.15, 0.2) is 0 Å². The average molecular weight is 269 g/mol. The van der Waals surface area contributed by atoms with Crippen molar-refractivity contribution in [3.05, 3.63) is 57.6 Å². The van der Waals surface area contributed by atoms with Gasteiger partial charge in [-0.15, -0.1) is 0 Å². The van der Waals surface area contributed by atoms with E-state index in [0.29, 0.717) is 17.5 Å². The fraction of sp³-hybridized carbons (Fsp3) is 0.0714. The van der Waals surface area contributed by atoms with Crippen molar-refractivity contribution in [2.75, 3.05) is 6.54 Å². The molecule has 0 unspecified atom stereocenters. The molecule has 2 aromatic rings. The zero-order chi connectivity index (χ0) is 14.1. The van der Waals surface area contributed by atoms with Crippen molar-refractivity contribution in [3.8, 4) is 0 Å². The Labute approximate surface area is 114 Å². The molecule has 2 aromatic carbocycles. The molecule has 20 heavy (non-hydrogen) atoms. The van der Waals surface area contributed by atoms with Crippen LogP contribution < -0.4 is 10.9 Å². The van der Waals surface area contributed by atoms with E-state index in [1.54, 1.807) is 24.3 Å². The van der Waals surface area contributed by atoms with E-state index in [1.165, 1.54) is 6.07 Å². The predicted molar refractivity (Wildman–Crippen MR) is 74.7 cm³/mol. The highest BCUT2D eigenvalue weighted by atomic mass is 16.6. The summed E-state index contributed by atoms with van der Waals surface area (Å²) in [5.74, 6) is -0.174. The second kappa shape index (κ2) is 4.75. The van der Waals surface area contributed by atoms with Crippen LogP contribution in [0.3, 0.4) is 0 Å². The molecule has 1 amide bonds. The number of rotatable bonds is 2. The fourth-order valence-corrected chi connectivity index (χ4v) is 2.28. The molecule has 0 aromatic heterocycles. The molecule has 6 nitrogen and oxygen atoms in total. The quantitative estimate of drug-likeness (QED) is 0.494. The first kappa shape index (κ1) is 12.3. The third kappa shape index (κ3) is 2.02. The van der Waals surface area contributed by atoms with Crippen LogP contribution in [0.4, 0.5) is 5.69 Å². The minimum absolute atomic E-state index is 0.0664. The number of carbonyl (C=O) groups excluding carboxylic acids is 1. The first-order valence-electron chi connectivity index (χ1n) is 6.07. The van der Waals surface area contributed by atoms with Crippen molar-refractivity contribution in [1.29, 1.82) is 0 Å². The summed E-state index contributed by atoms with van der Waals surface area (Å²) in [5.41, 5.74) is 6.71. The van der Waals surface area contributed by atoms with Crippen molar-refractivity contribution in [1.82, 2.24) is 10.9 Å². The van der Waals surface area contributed by atoms with Gasteiger partial charge >= 0.3 is 0 Å². The summed E-state index contributed by atoms with van der Waals surface area (Å²) in [6, 6.07) is 10.2. The van der Waals surface area contributed by atoms with E-state index in [2.05, 4.69) is 10.9 Å². The Morgan fingerprint density at radius 3 is 2.55 bits per heavy atom. The van der Waals surface area contributed by atoms with Gasteiger partial charge in [-0.2, -0.15) is 0 Å². The van der Waals surface area contributed by atoms with Gasteiger partial charge in [0.1, 0.15) is 0 Å². The molecule has 3 rings (SSSR count). The number of amides is 1. The second-order valence-corrected chi connectivity index (χ2v) is 4.45. The maximum atomic E-state index is 11.5. The lowest BCUT2D eigenvalue weighted by molar-refractivity contribution is -0.383. The Balaban J connectivity index is 2.21. The van der Waals surface area contributed by atoms with Crippen molar-refractivity contribution in [2.45, 2.75) is 0 Å². The summed E-state index contributed by atoms with van der Waals surface area (Å²) in [6.07, 6.45) is 1.75. The van der Waals surface area contributed by atoms with E-state index in [9.17, 15) is 14.9 Å². The van der Waals surface area contributed by atoms with Crippen LogP contribution in [0.15, 0.2) is 42.0 Å². The lowest BCUT2D eigenvalue weighted by Crippen LogP contribution is -2.25. The zero-order valence-corrected chi connectivity index (χ0v) is 10.4. The van der Waals surface area contributed by atoms with Crippen molar-refractivity contribution in [3.63, 3.8) is 0 Å².